The molecule has 6 nitrogen and oxygen atoms in total. The molecule has 3 aromatic rings. The van der Waals surface area contributed by atoms with E-state index in [1.54, 1.807) is 25.1 Å². The number of para-hydroxylation sites is 1. The van der Waals surface area contributed by atoms with Crippen LogP contribution in [0.5, 0.6) is 17.2 Å². The quantitative estimate of drug-likeness (QED) is 0.735. The minimum absolute atomic E-state index is 0.355. The Bertz CT molecular complexity index is 1070. The van der Waals surface area contributed by atoms with Crippen molar-refractivity contribution in [2.24, 2.45) is 0 Å². The fourth-order valence-electron chi connectivity index (χ4n) is 2.49. The molecule has 132 valence electrons. The number of pyridine rings is 1. The Labute approximate surface area is 153 Å². The molecule has 0 unspecified atom stereocenters. The summed E-state index contributed by atoms with van der Waals surface area (Å²) in [6.45, 7) is 0.124. The molecule has 0 fully saturated rings. The van der Waals surface area contributed by atoms with Gasteiger partial charge in [-0.25, -0.2) is 4.98 Å². The summed E-state index contributed by atoms with van der Waals surface area (Å²) in [6, 6.07) is 14.1. The number of Topliss-reactive ketones (excluding diaryl/α,β-unsaturated/α-hetero) is 1. The van der Waals surface area contributed by atoms with E-state index in [0.29, 0.717) is 28.0 Å². The van der Waals surface area contributed by atoms with Gasteiger partial charge in [0.1, 0.15) is 17.3 Å². The molecule has 0 spiro atoms. The van der Waals surface area contributed by atoms with Crippen molar-refractivity contribution in [3.8, 4) is 17.2 Å². The minimum atomic E-state index is -2.55. The molecule has 1 amide bonds. The van der Waals surface area contributed by atoms with Gasteiger partial charge in [0.05, 0.1) is 9.24 Å². The Morgan fingerprint density at radius 1 is 1.15 bits per heavy atom. The number of ketones is 1. The first-order valence-electron chi connectivity index (χ1n) is 8.89. The zero-order valence-electron chi connectivity index (χ0n) is 16.2. The van der Waals surface area contributed by atoms with Crippen LogP contribution >= 0.6 is 0 Å². The van der Waals surface area contributed by atoms with E-state index in [0.717, 1.165) is 6.92 Å². The van der Waals surface area contributed by atoms with Crippen LogP contribution in [0.3, 0.4) is 0 Å². The maximum Gasteiger partial charge on any atom is 0.274 e. The number of rotatable bonds is 5. The summed E-state index contributed by atoms with van der Waals surface area (Å²) in [5.41, 5.74) is 0.0895. The number of ether oxygens (including phenoxy) is 1. The highest BCUT2D eigenvalue weighted by Gasteiger charge is 2.18. The molecule has 0 aliphatic heterocycles. The number of nitrogens with one attached hydrogen (secondary N) is 1. The van der Waals surface area contributed by atoms with Gasteiger partial charge in [-0.2, -0.15) is 0 Å². The number of aromatic hydroxyl groups is 1. The molecule has 6 heteroatoms. The molecule has 1 aromatic heterocycles. The summed E-state index contributed by atoms with van der Waals surface area (Å²) >= 11 is 0. The van der Waals surface area contributed by atoms with Gasteiger partial charge in [0, 0.05) is 16.5 Å². The zero-order valence-corrected chi connectivity index (χ0v) is 14.2. The molecule has 0 atom stereocenters. The number of aryl methyl sites for hydroxylation is 1. The topological polar surface area (TPSA) is 88.5 Å². The monoisotopic (exact) mass is 352 g/mol. The molecule has 2 N–H and O–H groups in total. The van der Waals surface area contributed by atoms with Gasteiger partial charge in [-0.05, 0) is 44.2 Å². The standard InChI is InChI=1S/C20H18N2O4/c1-12(23)11-21-20(25)18-19(24)16-9-8-15(10-17(16)13(2)22-18)26-14-6-4-3-5-7-14/h3-10,24H,11H2,1-2H3,(H,21,25)/i11D2. The molecule has 0 aliphatic carbocycles. The molecule has 2 aromatic carbocycles. The van der Waals surface area contributed by atoms with Gasteiger partial charge in [0.25, 0.3) is 5.91 Å². The van der Waals surface area contributed by atoms with Gasteiger partial charge in [-0.15, -0.1) is 0 Å². The van der Waals surface area contributed by atoms with Crippen LogP contribution in [0.25, 0.3) is 10.8 Å². The van der Waals surface area contributed by atoms with Gasteiger partial charge in [-0.3, -0.25) is 9.59 Å². The van der Waals surface area contributed by atoms with Gasteiger partial charge < -0.3 is 15.2 Å². The summed E-state index contributed by atoms with van der Waals surface area (Å²) in [5, 5.41) is 13.4. The summed E-state index contributed by atoms with van der Waals surface area (Å²) in [5.74, 6) is -1.05. The molecule has 1 heterocycles. The summed E-state index contributed by atoms with van der Waals surface area (Å²) < 4.78 is 20.9. The number of carbonyl (C=O) groups excluding carboxylic acids is 2. The second-order valence-electron chi connectivity index (χ2n) is 5.65. The third-order valence-electron chi connectivity index (χ3n) is 3.69. The van der Waals surface area contributed by atoms with Crippen LogP contribution in [-0.2, 0) is 4.79 Å². The lowest BCUT2D eigenvalue weighted by Gasteiger charge is -2.12. The van der Waals surface area contributed by atoms with E-state index >= 15 is 0 Å². The second kappa shape index (κ2) is 7.23. The van der Waals surface area contributed by atoms with Crippen LogP contribution in [0.2, 0.25) is 0 Å². The van der Waals surface area contributed by atoms with E-state index in [1.807, 2.05) is 35.6 Å². The summed E-state index contributed by atoms with van der Waals surface area (Å²) in [6.07, 6.45) is 0. The van der Waals surface area contributed by atoms with Crippen molar-refractivity contribution in [3.05, 3.63) is 59.9 Å². The molecule has 0 radical (unpaired) electrons. The van der Waals surface area contributed by atoms with Crippen LogP contribution < -0.4 is 10.1 Å². The summed E-state index contributed by atoms with van der Waals surface area (Å²) in [7, 11) is 0. The third kappa shape index (κ3) is 3.64. The van der Waals surface area contributed by atoms with Gasteiger partial charge in [0.15, 0.2) is 11.4 Å². The van der Waals surface area contributed by atoms with Crippen molar-refractivity contribution in [2.75, 3.05) is 6.50 Å². The second-order valence-corrected chi connectivity index (χ2v) is 5.65. The molecule has 3 rings (SSSR count). The average Bonchev–Trinajstić information content (AvgIpc) is 2.65. The van der Waals surface area contributed by atoms with Crippen molar-refractivity contribution in [1.29, 1.82) is 0 Å². The fraction of sp³-hybridized carbons (Fsp3) is 0.150. The van der Waals surface area contributed by atoms with E-state index in [2.05, 4.69) is 4.98 Å². The fourth-order valence-corrected chi connectivity index (χ4v) is 2.49. The Kier molecular flexibility index (Phi) is 4.14. The van der Waals surface area contributed by atoms with Crippen molar-refractivity contribution < 1.29 is 22.2 Å². The number of benzene rings is 2. The Hall–Kier alpha value is -3.41. The first-order valence-corrected chi connectivity index (χ1v) is 7.89. The average molecular weight is 352 g/mol. The first-order chi connectivity index (χ1) is 13.2. The third-order valence-corrected chi connectivity index (χ3v) is 3.69. The molecule has 0 bridgehead atoms. The molecule has 0 saturated heterocycles. The number of carbonyl (C=O) groups is 2. The number of amides is 1. The number of aromatic nitrogens is 1. The maximum absolute atomic E-state index is 12.3. The van der Waals surface area contributed by atoms with Gasteiger partial charge >= 0.3 is 0 Å². The lowest BCUT2D eigenvalue weighted by molar-refractivity contribution is -0.116. The summed E-state index contributed by atoms with van der Waals surface area (Å²) in [4.78, 5) is 27.7. The maximum atomic E-state index is 12.3. The van der Waals surface area contributed by atoms with E-state index in [1.165, 1.54) is 0 Å². The van der Waals surface area contributed by atoms with Crippen molar-refractivity contribution in [2.45, 2.75) is 13.8 Å². The Morgan fingerprint density at radius 2 is 1.88 bits per heavy atom. The highest BCUT2D eigenvalue weighted by atomic mass is 16.5. The normalized spacial score (nSPS) is 12.2. The van der Waals surface area contributed by atoms with Crippen LogP contribution in [0, 0.1) is 6.92 Å². The van der Waals surface area contributed by atoms with E-state index in [9.17, 15) is 14.7 Å². The molecule has 26 heavy (non-hydrogen) atoms. The van der Waals surface area contributed by atoms with E-state index in [-0.39, 0.29) is 5.69 Å². The highest BCUT2D eigenvalue weighted by molar-refractivity contribution is 6.03. The van der Waals surface area contributed by atoms with E-state index in [4.69, 9.17) is 7.48 Å². The molecular weight excluding hydrogens is 332 g/mol. The zero-order chi connectivity index (χ0) is 20.5. The smallest absolute Gasteiger partial charge is 0.274 e. The predicted octanol–water partition coefficient (Wildman–Crippen LogP) is 3.36. The van der Waals surface area contributed by atoms with Crippen LogP contribution in [0.15, 0.2) is 48.5 Å². The lowest BCUT2D eigenvalue weighted by Crippen LogP contribution is -2.29. The Balaban J connectivity index is 1.98. The number of hydrogen-bond donors (Lipinski definition) is 2. The van der Waals surface area contributed by atoms with Crippen LogP contribution in [0.1, 0.15) is 25.8 Å². The minimum Gasteiger partial charge on any atom is -0.505 e. The van der Waals surface area contributed by atoms with Crippen molar-refractivity contribution >= 4 is 22.5 Å². The van der Waals surface area contributed by atoms with Crippen LogP contribution in [-0.4, -0.2) is 28.3 Å². The first kappa shape index (κ1) is 14.9. The Morgan fingerprint density at radius 3 is 2.58 bits per heavy atom. The van der Waals surface area contributed by atoms with E-state index < -0.39 is 23.9 Å². The van der Waals surface area contributed by atoms with Crippen LogP contribution in [0.4, 0.5) is 0 Å². The number of fused-ring (bicyclic) bond motifs is 1. The van der Waals surface area contributed by atoms with Crippen molar-refractivity contribution in [3.63, 3.8) is 0 Å². The molecule has 0 saturated carbocycles. The number of hydrogen-bond acceptors (Lipinski definition) is 5. The molecule has 0 aliphatic rings. The van der Waals surface area contributed by atoms with Gasteiger partial charge in [0.2, 0.25) is 0 Å². The largest absolute Gasteiger partial charge is 0.505 e. The highest BCUT2D eigenvalue weighted by Crippen LogP contribution is 2.33. The predicted molar refractivity (Wildman–Crippen MR) is 97.7 cm³/mol. The van der Waals surface area contributed by atoms with Crippen molar-refractivity contribution in [1.82, 2.24) is 10.3 Å². The number of nitrogens with zero attached hydrogens (tertiary/aromatic N) is 1. The lowest BCUT2D eigenvalue weighted by atomic mass is 10.1. The SMILES string of the molecule is [2H]C([2H])(NC(=O)c1nc(C)c2cc(Oc3ccccc3)ccc2c1O)C(C)=O. The van der Waals surface area contributed by atoms with Gasteiger partial charge in [-0.1, -0.05) is 18.2 Å². The molecular formula is C20H18N2O4.